The Labute approximate surface area is 116 Å². The summed E-state index contributed by atoms with van der Waals surface area (Å²) in [5.41, 5.74) is 3.09. The fourth-order valence-corrected chi connectivity index (χ4v) is 3.91. The molecule has 5 heteroatoms. The van der Waals surface area contributed by atoms with Gasteiger partial charge in [0.1, 0.15) is 11.3 Å². The van der Waals surface area contributed by atoms with Gasteiger partial charge in [0.05, 0.1) is 5.88 Å². The number of thioether (sulfide) groups is 1. The van der Waals surface area contributed by atoms with Gasteiger partial charge in [-0.25, -0.2) is 9.97 Å². The quantitative estimate of drug-likeness (QED) is 0.810. The van der Waals surface area contributed by atoms with Gasteiger partial charge in [0.15, 0.2) is 5.65 Å². The molecule has 0 N–H and O–H groups in total. The molecule has 1 aliphatic rings. The van der Waals surface area contributed by atoms with E-state index < -0.39 is 0 Å². The molecule has 96 valence electrons. The van der Waals surface area contributed by atoms with Crippen molar-refractivity contribution in [1.29, 1.82) is 0 Å². The highest BCUT2D eigenvalue weighted by Gasteiger charge is 2.19. The normalized spacial score (nSPS) is 19.8. The Hall–Kier alpha value is -0.740. The van der Waals surface area contributed by atoms with Crippen LogP contribution in [-0.2, 0) is 12.4 Å². The number of rotatable bonds is 3. The summed E-state index contributed by atoms with van der Waals surface area (Å²) in [5.74, 6) is 4.65. The largest absolute Gasteiger partial charge is 0.311 e. The summed E-state index contributed by atoms with van der Waals surface area (Å²) < 4.78 is 2.21. The third-order valence-electron chi connectivity index (χ3n) is 3.38. The smallest absolute Gasteiger partial charge is 0.160 e. The summed E-state index contributed by atoms with van der Waals surface area (Å²) in [6.07, 6.45) is 3.19. The van der Waals surface area contributed by atoms with E-state index in [2.05, 4.69) is 20.6 Å². The molecule has 0 aromatic carbocycles. The first-order chi connectivity index (χ1) is 8.78. The Morgan fingerprint density at radius 1 is 1.56 bits per heavy atom. The topological polar surface area (TPSA) is 30.7 Å². The molecule has 0 radical (unpaired) electrons. The summed E-state index contributed by atoms with van der Waals surface area (Å²) in [5, 5.41) is 0. The molecule has 0 saturated carbocycles. The minimum atomic E-state index is 0.454. The van der Waals surface area contributed by atoms with E-state index in [-0.39, 0.29) is 0 Å². The van der Waals surface area contributed by atoms with Crippen molar-refractivity contribution in [3.8, 4) is 0 Å². The van der Waals surface area contributed by atoms with E-state index in [9.17, 15) is 0 Å². The molecule has 1 aliphatic heterocycles. The molecular weight excluding hydrogens is 266 g/mol. The lowest BCUT2D eigenvalue weighted by molar-refractivity contribution is 0.491. The minimum absolute atomic E-state index is 0.454. The molecule has 3 heterocycles. The zero-order valence-corrected chi connectivity index (χ0v) is 12.0. The second-order valence-electron chi connectivity index (χ2n) is 4.86. The van der Waals surface area contributed by atoms with Crippen LogP contribution in [0.25, 0.3) is 11.2 Å². The predicted molar refractivity (Wildman–Crippen MR) is 77.3 cm³/mol. The molecule has 0 bridgehead atoms. The zero-order chi connectivity index (χ0) is 12.5. The van der Waals surface area contributed by atoms with Crippen LogP contribution in [0.3, 0.4) is 0 Å². The van der Waals surface area contributed by atoms with Gasteiger partial charge >= 0.3 is 0 Å². The van der Waals surface area contributed by atoms with Gasteiger partial charge in [0.25, 0.3) is 0 Å². The van der Waals surface area contributed by atoms with Crippen molar-refractivity contribution >= 4 is 34.5 Å². The van der Waals surface area contributed by atoms with E-state index in [4.69, 9.17) is 11.6 Å². The molecule has 2 aromatic heterocycles. The van der Waals surface area contributed by atoms with Crippen molar-refractivity contribution < 1.29 is 0 Å². The number of halogens is 1. The van der Waals surface area contributed by atoms with Crippen molar-refractivity contribution in [1.82, 2.24) is 14.5 Å². The van der Waals surface area contributed by atoms with Gasteiger partial charge in [0.2, 0.25) is 0 Å². The average molecular weight is 282 g/mol. The molecule has 18 heavy (non-hydrogen) atoms. The first kappa shape index (κ1) is 12.3. The first-order valence-electron chi connectivity index (χ1n) is 6.23. The summed E-state index contributed by atoms with van der Waals surface area (Å²) in [6, 6.07) is 2.08. The van der Waals surface area contributed by atoms with E-state index in [1.165, 1.54) is 17.9 Å². The maximum Gasteiger partial charge on any atom is 0.160 e. The van der Waals surface area contributed by atoms with Crippen LogP contribution < -0.4 is 0 Å². The minimum Gasteiger partial charge on any atom is -0.311 e. The molecule has 3 rings (SSSR count). The van der Waals surface area contributed by atoms with Crippen LogP contribution in [0.5, 0.6) is 0 Å². The second kappa shape index (κ2) is 5.10. The second-order valence-corrected chi connectivity index (χ2v) is 6.27. The van der Waals surface area contributed by atoms with Crippen LogP contribution in [-0.4, -0.2) is 26.0 Å². The summed E-state index contributed by atoms with van der Waals surface area (Å²) in [6.45, 7) is 3.04. The molecular formula is C13H16ClN3S. The Kier molecular flexibility index (Phi) is 3.48. The fourth-order valence-electron chi connectivity index (χ4n) is 2.44. The number of hydrogen-bond acceptors (Lipinski definition) is 3. The standard InChI is InChI=1S/C13H16ClN3S/c1-9-4-11-13(15-6-9)17(12(5-14)16-11)7-10-2-3-18-8-10/h4,6,10H,2-3,5,7-8H2,1H3. The van der Waals surface area contributed by atoms with E-state index in [1.807, 2.05) is 24.9 Å². The van der Waals surface area contributed by atoms with Crippen molar-refractivity contribution in [2.24, 2.45) is 5.92 Å². The molecule has 2 aromatic rings. The Morgan fingerprint density at radius 2 is 2.44 bits per heavy atom. The van der Waals surface area contributed by atoms with Gasteiger partial charge in [0, 0.05) is 12.7 Å². The van der Waals surface area contributed by atoms with E-state index in [0.29, 0.717) is 5.88 Å². The Balaban J connectivity index is 2.01. The Morgan fingerprint density at radius 3 is 3.17 bits per heavy atom. The molecule has 1 unspecified atom stereocenters. The number of alkyl halides is 1. The average Bonchev–Trinajstić information content (AvgIpc) is 2.97. The highest BCUT2D eigenvalue weighted by Crippen LogP contribution is 2.27. The number of aryl methyl sites for hydroxylation is 1. The number of hydrogen-bond donors (Lipinski definition) is 0. The molecule has 0 amide bonds. The van der Waals surface area contributed by atoms with Crippen LogP contribution in [0.15, 0.2) is 12.3 Å². The third-order valence-corrected chi connectivity index (χ3v) is 4.86. The fraction of sp³-hybridized carbons (Fsp3) is 0.538. The van der Waals surface area contributed by atoms with Crippen LogP contribution in [0.4, 0.5) is 0 Å². The maximum absolute atomic E-state index is 6.01. The van der Waals surface area contributed by atoms with Crippen molar-refractivity contribution in [3.63, 3.8) is 0 Å². The molecule has 1 saturated heterocycles. The van der Waals surface area contributed by atoms with Crippen LogP contribution in [0.2, 0.25) is 0 Å². The monoisotopic (exact) mass is 281 g/mol. The summed E-state index contributed by atoms with van der Waals surface area (Å²) >= 11 is 8.05. The molecule has 3 nitrogen and oxygen atoms in total. The van der Waals surface area contributed by atoms with E-state index in [1.54, 1.807) is 0 Å². The molecule has 0 aliphatic carbocycles. The SMILES string of the molecule is Cc1cnc2c(c1)nc(CCl)n2CC1CCSC1. The summed E-state index contributed by atoms with van der Waals surface area (Å²) in [7, 11) is 0. The maximum atomic E-state index is 6.01. The van der Waals surface area contributed by atoms with Gasteiger partial charge in [-0.05, 0) is 42.4 Å². The van der Waals surface area contributed by atoms with Crippen LogP contribution in [0, 0.1) is 12.8 Å². The van der Waals surface area contributed by atoms with Crippen LogP contribution in [0.1, 0.15) is 17.8 Å². The van der Waals surface area contributed by atoms with Crippen molar-refractivity contribution in [2.45, 2.75) is 25.8 Å². The Bertz CT molecular complexity index is 561. The van der Waals surface area contributed by atoms with E-state index in [0.717, 1.165) is 35.0 Å². The first-order valence-corrected chi connectivity index (χ1v) is 7.92. The number of imidazole rings is 1. The number of nitrogens with zero attached hydrogens (tertiary/aromatic N) is 3. The molecule has 1 atom stereocenters. The third kappa shape index (κ3) is 2.24. The highest BCUT2D eigenvalue weighted by atomic mass is 35.5. The number of fused-ring (bicyclic) bond motifs is 1. The molecule has 1 fully saturated rings. The van der Waals surface area contributed by atoms with Crippen molar-refractivity contribution in [3.05, 3.63) is 23.7 Å². The lowest BCUT2D eigenvalue weighted by Crippen LogP contribution is -2.12. The molecule has 0 spiro atoms. The van der Waals surface area contributed by atoms with Crippen molar-refractivity contribution in [2.75, 3.05) is 11.5 Å². The predicted octanol–water partition coefficient (Wildman–Crippen LogP) is 3.23. The highest BCUT2D eigenvalue weighted by molar-refractivity contribution is 7.99. The number of aromatic nitrogens is 3. The van der Waals surface area contributed by atoms with Gasteiger partial charge in [-0.15, -0.1) is 11.6 Å². The van der Waals surface area contributed by atoms with Crippen LogP contribution >= 0.6 is 23.4 Å². The lowest BCUT2D eigenvalue weighted by atomic mass is 10.1. The van der Waals surface area contributed by atoms with Gasteiger partial charge in [-0.2, -0.15) is 11.8 Å². The van der Waals surface area contributed by atoms with Gasteiger partial charge in [-0.1, -0.05) is 0 Å². The van der Waals surface area contributed by atoms with Gasteiger partial charge in [-0.3, -0.25) is 0 Å². The van der Waals surface area contributed by atoms with Gasteiger partial charge < -0.3 is 4.57 Å². The number of pyridine rings is 1. The van der Waals surface area contributed by atoms with E-state index >= 15 is 0 Å². The lowest BCUT2D eigenvalue weighted by Gasteiger charge is -2.12. The summed E-state index contributed by atoms with van der Waals surface area (Å²) in [4.78, 5) is 9.12. The zero-order valence-electron chi connectivity index (χ0n) is 10.4.